The number of nitrogens with zero attached hydrogens (tertiary/aromatic N) is 1. The average molecular weight is 294 g/mol. The van der Waals surface area contributed by atoms with E-state index in [1.165, 1.54) is 16.0 Å². The van der Waals surface area contributed by atoms with Crippen molar-refractivity contribution in [2.45, 2.75) is 12.8 Å². The number of benzene rings is 2. The Kier molecular flexibility index (Phi) is 4.43. The molecule has 0 fully saturated rings. The summed E-state index contributed by atoms with van der Waals surface area (Å²) in [6.45, 7) is 0.660. The van der Waals surface area contributed by atoms with Gasteiger partial charge in [-0.15, -0.1) is 11.3 Å². The van der Waals surface area contributed by atoms with Crippen LogP contribution < -0.4 is 5.73 Å². The summed E-state index contributed by atoms with van der Waals surface area (Å²) in [6, 6.07) is 20.8. The minimum atomic E-state index is 0.660. The van der Waals surface area contributed by atoms with E-state index in [9.17, 15) is 0 Å². The number of nitrogens with two attached hydrogens (primary N) is 1. The highest BCUT2D eigenvalue weighted by Crippen LogP contribution is 2.29. The second-order valence-corrected chi connectivity index (χ2v) is 6.11. The van der Waals surface area contributed by atoms with E-state index < -0.39 is 0 Å². The number of hydrogen-bond acceptors (Lipinski definition) is 3. The molecule has 21 heavy (non-hydrogen) atoms. The monoisotopic (exact) mass is 294 g/mol. The molecule has 0 atom stereocenters. The van der Waals surface area contributed by atoms with Crippen molar-refractivity contribution in [3.63, 3.8) is 0 Å². The van der Waals surface area contributed by atoms with Crippen molar-refractivity contribution >= 4 is 11.3 Å². The maximum Gasteiger partial charge on any atom is 0.0979 e. The minimum Gasteiger partial charge on any atom is -0.330 e. The predicted octanol–water partition coefficient (Wildman–Crippen LogP) is 3.90. The first kappa shape index (κ1) is 14.0. The van der Waals surface area contributed by atoms with Gasteiger partial charge in [-0.05, 0) is 18.5 Å². The summed E-state index contributed by atoms with van der Waals surface area (Å²) in [5.74, 6) is 0. The largest absolute Gasteiger partial charge is 0.330 e. The van der Waals surface area contributed by atoms with E-state index in [4.69, 9.17) is 10.7 Å². The lowest BCUT2D eigenvalue weighted by Gasteiger charge is -2.00. The van der Waals surface area contributed by atoms with Crippen LogP contribution in [0.3, 0.4) is 0 Å². The van der Waals surface area contributed by atoms with Crippen LogP contribution in [0.25, 0.3) is 11.3 Å². The van der Waals surface area contributed by atoms with Crippen molar-refractivity contribution in [1.29, 1.82) is 0 Å². The highest BCUT2D eigenvalue weighted by Gasteiger charge is 2.12. The van der Waals surface area contributed by atoms with E-state index in [1.54, 1.807) is 11.3 Å². The molecule has 0 saturated heterocycles. The third-order valence-corrected chi connectivity index (χ3v) is 4.47. The van der Waals surface area contributed by atoms with Gasteiger partial charge < -0.3 is 5.73 Å². The van der Waals surface area contributed by atoms with Crippen molar-refractivity contribution in [3.8, 4) is 11.3 Å². The summed E-state index contributed by atoms with van der Waals surface area (Å²) in [7, 11) is 0. The maximum atomic E-state index is 5.75. The molecule has 1 heterocycles. The Labute approximate surface area is 129 Å². The van der Waals surface area contributed by atoms with Gasteiger partial charge in [-0.3, -0.25) is 0 Å². The van der Waals surface area contributed by atoms with E-state index in [-0.39, 0.29) is 0 Å². The van der Waals surface area contributed by atoms with E-state index in [0.717, 1.165) is 23.5 Å². The lowest BCUT2D eigenvalue weighted by Crippen LogP contribution is -2.02. The third kappa shape index (κ3) is 3.38. The average Bonchev–Trinajstić information content (AvgIpc) is 2.92. The SMILES string of the molecule is NCCc1sc(Cc2ccccc2)nc1-c1ccccc1. The number of hydrogen-bond donors (Lipinski definition) is 1. The molecule has 0 unspecified atom stereocenters. The normalized spacial score (nSPS) is 10.7. The Morgan fingerprint density at radius 3 is 2.24 bits per heavy atom. The van der Waals surface area contributed by atoms with Crippen molar-refractivity contribution in [2.24, 2.45) is 5.73 Å². The predicted molar refractivity (Wildman–Crippen MR) is 89.6 cm³/mol. The Morgan fingerprint density at radius 2 is 1.57 bits per heavy atom. The molecule has 2 N–H and O–H groups in total. The van der Waals surface area contributed by atoms with Crippen LogP contribution in [0.15, 0.2) is 60.7 Å². The summed E-state index contributed by atoms with van der Waals surface area (Å²) in [4.78, 5) is 6.14. The van der Waals surface area contributed by atoms with Crippen LogP contribution >= 0.6 is 11.3 Å². The van der Waals surface area contributed by atoms with Crippen molar-refractivity contribution in [3.05, 3.63) is 76.1 Å². The van der Waals surface area contributed by atoms with Gasteiger partial charge in [0.2, 0.25) is 0 Å². The first-order valence-corrected chi connectivity index (χ1v) is 7.96. The quantitative estimate of drug-likeness (QED) is 0.775. The van der Waals surface area contributed by atoms with E-state index >= 15 is 0 Å². The lowest BCUT2D eigenvalue weighted by molar-refractivity contribution is 0.985. The smallest absolute Gasteiger partial charge is 0.0979 e. The van der Waals surface area contributed by atoms with E-state index in [2.05, 4.69) is 48.5 Å². The van der Waals surface area contributed by atoms with E-state index in [0.29, 0.717) is 6.54 Å². The first-order valence-electron chi connectivity index (χ1n) is 7.15. The molecule has 106 valence electrons. The number of rotatable bonds is 5. The molecule has 2 aromatic carbocycles. The van der Waals surface area contributed by atoms with Gasteiger partial charge in [0.05, 0.1) is 10.7 Å². The molecule has 0 spiro atoms. The van der Waals surface area contributed by atoms with Crippen LogP contribution in [0.2, 0.25) is 0 Å². The fourth-order valence-electron chi connectivity index (χ4n) is 2.37. The highest BCUT2D eigenvalue weighted by molar-refractivity contribution is 7.12. The van der Waals surface area contributed by atoms with Gasteiger partial charge in [-0.1, -0.05) is 60.7 Å². The maximum absolute atomic E-state index is 5.75. The molecule has 0 aliphatic carbocycles. The molecule has 0 aliphatic heterocycles. The highest BCUT2D eigenvalue weighted by atomic mass is 32.1. The Balaban J connectivity index is 1.93. The molecule has 0 bridgehead atoms. The molecule has 1 aromatic heterocycles. The zero-order valence-electron chi connectivity index (χ0n) is 11.8. The number of thiazole rings is 1. The fourth-order valence-corrected chi connectivity index (χ4v) is 3.51. The van der Waals surface area contributed by atoms with Gasteiger partial charge in [-0.25, -0.2) is 4.98 Å². The topological polar surface area (TPSA) is 38.9 Å². The molecular formula is C18H18N2S. The third-order valence-electron chi connectivity index (χ3n) is 3.36. The van der Waals surface area contributed by atoms with Crippen LogP contribution in [-0.4, -0.2) is 11.5 Å². The molecule has 3 rings (SSSR count). The van der Waals surface area contributed by atoms with Crippen LogP contribution in [0.5, 0.6) is 0 Å². The number of aromatic nitrogens is 1. The lowest BCUT2D eigenvalue weighted by atomic mass is 10.1. The Morgan fingerprint density at radius 1 is 0.905 bits per heavy atom. The van der Waals surface area contributed by atoms with Gasteiger partial charge in [0.1, 0.15) is 0 Å². The van der Waals surface area contributed by atoms with E-state index in [1.807, 2.05) is 12.1 Å². The zero-order chi connectivity index (χ0) is 14.5. The summed E-state index contributed by atoms with van der Waals surface area (Å²) >= 11 is 1.78. The molecule has 3 aromatic rings. The van der Waals surface area contributed by atoms with Gasteiger partial charge in [0, 0.05) is 16.9 Å². The molecule has 2 nitrogen and oxygen atoms in total. The zero-order valence-corrected chi connectivity index (χ0v) is 12.6. The van der Waals surface area contributed by atoms with Gasteiger partial charge in [0.25, 0.3) is 0 Å². The Bertz CT molecular complexity index is 690. The molecular weight excluding hydrogens is 276 g/mol. The molecule has 0 radical (unpaired) electrons. The van der Waals surface area contributed by atoms with Crippen LogP contribution in [-0.2, 0) is 12.8 Å². The molecule has 3 heteroatoms. The van der Waals surface area contributed by atoms with Gasteiger partial charge >= 0.3 is 0 Å². The second-order valence-electron chi connectivity index (χ2n) is 4.95. The molecule has 0 amide bonds. The van der Waals surface area contributed by atoms with Crippen molar-refractivity contribution in [1.82, 2.24) is 4.98 Å². The molecule has 0 aliphatic rings. The fraction of sp³-hybridized carbons (Fsp3) is 0.167. The van der Waals surface area contributed by atoms with Crippen molar-refractivity contribution < 1.29 is 0 Å². The Hall–Kier alpha value is -1.97. The van der Waals surface area contributed by atoms with Crippen LogP contribution in [0.1, 0.15) is 15.4 Å². The second kappa shape index (κ2) is 6.66. The standard InChI is InChI=1S/C18H18N2S/c19-12-11-16-18(15-9-5-2-6-10-15)20-17(21-16)13-14-7-3-1-4-8-14/h1-10H,11-13,19H2. The minimum absolute atomic E-state index is 0.660. The van der Waals surface area contributed by atoms with Gasteiger partial charge in [0.15, 0.2) is 0 Å². The summed E-state index contributed by atoms with van der Waals surface area (Å²) < 4.78 is 0. The summed E-state index contributed by atoms with van der Waals surface area (Å²) in [5, 5.41) is 1.16. The first-order chi connectivity index (χ1) is 10.4. The molecule has 0 saturated carbocycles. The summed E-state index contributed by atoms with van der Waals surface area (Å²) in [6.07, 6.45) is 1.77. The van der Waals surface area contributed by atoms with Crippen LogP contribution in [0, 0.1) is 0 Å². The van der Waals surface area contributed by atoms with Gasteiger partial charge in [-0.2, -0.15) is 0 Å². The van der Waals surface area contributed by atoms with Crippen molar-refractivity contribution in [2.75, 3.05) is 6.54 Å². The van der Waals surface area contributed by atoms with Crippen LogP contribution in [0.4, 0.5) is 0 Å². The summed E-state index contributed by atoms with van der Waals surface area (Å²) in [5.41, 5.74) is 9.32.